The van der Waals surface area contributed by atoms with Crippen molar-refractivity contribution in [3.8, 4) is 41.8 Å². The minimum Gasteiger partial charge on any atom is -0.406 e. The Labute approximate surface area is 117 Å². The fourth-order valence-corrected chi connectivity index (χ4v) is 1.03. The lowest BCUT2D eigenvalue weighted by Crippen LogP contribution is -1.94. The summed E-state index contributed by atoms with van der Waals surface area (Å²) in [6.45, 7) is 0.493. The molecule has 0 aliphatic rings. The van der Waals surface area contributed by atoms with E-state index in [-0.39, 0.29) is 24.7 Å². The average Bonchev–Trinajstić information content (AvgIpc) is 2.49. The van der Waals surface area contributed by atoms with Crippen molar-refractivity contribution < 1.29 is 18.9 Å². The number of hydrogen-bond acceptors (Lipinski definition) is 6. The van der Waals surface area contributed by atoms with E-state index in [0.717, 1.165) is 0 Å². The number of aromatic nitrogens is 1. The first-order chi connectivity index (χ1) is 9.81. The fraction of sp³-hybridized carbons (Fsp3) is 0.286. The SMILES string of the molecule is COCC#COc1cnc(OC#CCOC)c(C#N)c1. The molecule has 0 atom stereocenters. The molecule has 6 heteroatoms. The van der Waals surface area contributed by atoms with Crippen LogP contribution in [0.2, 0.25) is 0 Å². The molecule has 0 N–H and O–H groups in total. The first-order valence-corrected chi connectivity index (χ1v) is 5.49. The fourth-order valence-electron chi connectivity index (χ4n) is 1.03. The van der Waals surface area contributed by atoms with Crippen molar-refractivity contribution in [3.05, 3.63) is 17.8 Å². The van der Waals surface area contributed by atoms with Crippen LogP contribution >= 0.6 is 0 Å². The monoisotopic (exact) mass is 272 g/mol. The van der Waals surface area contributed by atoms with Crippen molar-refractivity contribution in [2.24, 2.45) is 0 Å². The van der Waals surface area contributed by atoms with Crippen LogP contribution in [0, 0.1) is 35.4 Å². The summed E-state index contributed by atoms with van der Waals surface area (Å²) in [4.78, 5) is 3.93. The highest BCUT2D eigenvalue weighted by molar-refractivity contribution is 5.43. The molecule has 1 aromatic rings. The molecule has 0 fully saturated rings. The Hall–Kier alpha value is -2.72. The lowest BCUT2D eigenvalue weighted by Gasteiger charge is -2.01. The number of nitrogens with zero attached hydrogens (tertiary/aromatic N) is 2. The molecule has 0 aliphatic carbocycles. The van der Waals surface area contributed by atoms with Crippen LogP contribution < -0.4 is 9.47 Å². The molecule has 0 unspecified atom stereocenters. The Morgan fingerprint density at radius 1 is 1.10 bits per heavy atom. The maximum absolute atomic E-state index is 9.00. The van der Waals surface area contributed by atoms with Crippen molar-refractivity contribution >= 4 is 0 Å². The van der Waals surface area contributed by atoms with Crippen LogP contribution in [-0.4, -0.2) is 32.4 Å². The van der Waals surface area contributed by atoms with Crippen molar-refractivity contribution in [3.63, 3.8) is 0 Å². The van der Waals surface area contributed by atoms with E-state index in [9.17, 15) is 0 Å². The molecule has 0 amide bonds. The maximum Gasteiger partial charge on any atom is 0.248 e. The van der Waals surface area contributed by atoms with Gasteiger partial charge in [0.15, 0.2) is 5.75 Å². The summed E-state index contributed by atoms with van der Waals surface area (Å²) in [7, 11) is 3.05. The largest absolute Gasteiger partial charge is 0.406 e. The van der Waals surface area contributed by atoms with E-state index in [1.54, 1.807) is 0 Å². The van der Waals surface area contributed by atoms with Gasteiger partial charge in [-0.05, 0) is 11.8 Å². The second-order valence-corrected chi connectivity index (χ2v) is 3.26. The van der Waals surface area contributed by atoms with Gasteiger partial charge >= 0.3 is 0 Å². The zero-order chi connectivity index (χ0) is 14.6. The molecule has 0 saturated carbocycles. The van der Waals surface area contributed by atoms with Gasteiger partial charge in [0.05, 0.1) is 6.20 Å². The molecule has 0 radical (unpaired) electrons. The van der Waals surface area contributed by atoms with E-state index in [0.29, 0.717) is 5.75 Å². The summed E-state index contributed by atoms with van der Waals surface area (Å²) in [5, 5.41) is 9.00. The quantitative estimate of drug-likeness (QED) is 0.759. The molecule has 0 saturated heterocycles. The Balaban J connectivity index is 2.74. The highest BCUT2D eigenvalue weighted by Gasteiger charge is 2.06. The minimum atomic E-state index is 0.105. The van der Waals surface area contributed by atoms with E-state index in [2.05, 4.69) is 29.0 Å². The van der Waals surface area contributed by atoms with Crippen LogP contribution in [0.3, 0.4) is 0 Å². The molecule has 102 valence electrons. The average molecular weight is 272 g/mol. The summed E-state index contributed by atoms with van der Waals surface area (Å²) >= 11 is 0. The third kappa shape index (κ3) is 5.29. The van der Waals surface area contributed by atoms with E-state index >= 15 is 0 Å². The standard InChI is InChI=1S/C14H12N2O4/c1-17-5-3-7-19-13-9-12(10-15)14(16-11-13)20-8-4-6-18-2/h9,11H,5-6H2,1-2H3. The predicted octanol–water partition coefficient (Wildman–Crippen LogP) is 0.925. The number of rotatable bonds is 4. The van der Waals surface area contributed by atoms with E-state index < -0.39 is 0 Å². The molecular weight excluding hydrogens is 260 g/mol. The molecule has 0 spiro atoms. The molecule has 1 rings (SSSR count). The number of ether oxygens (including phenoxy) is 4. The van der Waals surface area contributed by atoms with Crippen LogP contribution in [0.25, 0.3) is 0 Å². The molecule has 1 aromatic heterocycles. The summed E-state index contributed by atoms with van der Waals surface area (Å²) in [6, 6.07) is 3.40. The summed E-state index contributed by atoms with van der Waals surface area (Å²) in [6.07, 6.45) is 6.19. The third-order valence-electron chi connectivity index (χ3n) is 1.84. The van der Waals surface area contributed by atoms with Crippen molar-refractivity contribution in [1.82, 2.24) is 4.98 Å². The molecule has 0 bridgehead atoms. The lowest BCUT2D eigenvalue weighted by atomic mass is 10.3. The number of methoxy groups -OCH3 is 2. The third-order valence-corrected chi connectivity index (χ3v) is 1.84. The van der Waals surface area contributed by atoms with E-state index in [1.807, 2.05) is 6.07 Å². The minimum absolute atomic E-state index is 0.105. The predicted molar refractivity (Wildman–Crippen MR) is 69.5 cm³/mol. The summed E-state index contributed by atoms with van der Waals surface area (Å²) in [5.41, 5.74) is 0.197. The molecule has 1 heterocycles. The van der Waals surface area contributed by atoms with Gasteiger partial charge in [-0.25, -0.2) is 4.98 Å². The Morgan fingerprint density at radius 3 is 2.35 bits per heavy atom. The van der Waals surface area contributed by atoms with Crippen molar-refractivity contribution in [2.75, 3.05) is 27.4 Å². The summed E-state index contributed by atoms with van der Waals surface area (Å²) in [5.74, 6) is 5.64. The van der Waals surface area contributed by atoms with Crippen LogP contribution in [0.5, 0.6) is 11.6 Å². The smallest absolute Gasteiger partial charge is 0.248 e. The molecule has 6 nitrogen and oxygen atoms in total. The van der Waals surface area contributed by atoms with Crippen LogP contribution in [0.15, 0.2) is 12.3 Å². The van der Waals surface area contributed by atoms with E-state index in [4.69, 9.17) is 24.2 Å². The van der Waals surface area contributed by atoms with Gasteiger partial charge in [-0.3, -0.25) is 0 Å². The molecular formula is C14H12N2O4. The highest BCUT2D eigenvalue weighted by Crippen LogP contribution is 2.19. The van der Waals surface area contributed by atoms with Gasteiger partial charge in [-0.1, -0.05) is 0 Å². The van der Waals surface area contributed by atoms with Crippen molar-refractivity contribution in [1.29, 1.82) is 5.26 Å². The first kappa shape index (κ1) is 15.3. The Morgan fingerprint density at radius 2 is 1.75 bits per heavy atom. The van der Waals surface area contributed by atoms with Crippen LogP contribution in [-0.2, 0) is 9.47 Å². The van der Waals surface area contributed by atoms with Gasteiger partial charge in [0.2, 0.25) is 5.88 Å². The second kappa shape index (κ2) is 9.24. The zero-order valence-corrected chi connectivity index (χ0v) is 11.1. The molecule has 20 heavy (non-hydrogen) atoms. The first-order valence-electron chi connectivity index (χ1n) is 5.49. The highest BCUT2D eigenvalue weighted by atomic mass is 16.5. The van der Waals surface area contributed by atoms with Gasteiger partial charge in [-0.2, -0.15) is 5.26 Å². The van der Waals surface area contributed by atoms with Crippen LogP contribution in [0.4, 0.5) is 0 Å². The normalized spacial score (nSPS) is 8.45. The van der Waals surface area contributed by atoms with Gasteiger partial charge in [0, 0.05) is 20.3 Å². The number of nitriles is 1. The summed E-state index contributed by atoms with van der Waals surface area (Å²) < 4.78 is 19.6. The zero-order valence-electron chi connectivity index (χ0n) is 11.1. The Kier molecular flexibility index (Phi) is 7.09. The lowest BCUT2D eigenvalue weighted by molar-refractivity contribution is 0.239. The molecule has 0 aliphatic heterocycles. The second-order valence-electron chi connectivity index (χ2n) is 3.26. The van der Waals surface area contributed by atoms with Gasteiger partial charge in [0.1, 0.15) is 37.1 Å². The number of pyridine rings is 1. The molecule has 0 aromatic carbocycles. The van der Waals surface area contributed by atoms with Gasteiger partial charge in [-0.15, -0.1) is 0 Å². The Bertz CT molecular complexity index is 600. The maximum atomic E-state index is 9.00. The van der Waals surface area contributed by atoms with Crippen molar-refractivity contribution in [2.45, 2.75) is 0 Å². The van der Waals surface area contributed by atoms with Gasteiger partial charge < -0.3 is 18.9 Å². The van der Waals surface area contributed by atoms with Crippen LogP contribution in [0.1, 0.15) is 5.56 Å². The number of hydrogen-bond donors (Lipinski definition) is 0. The topological polar surface area (TPSA) is 73.6 Å². The van der Waals surface area contributed by atoms with Gasteiger partial charge in [0.25, 0.3) is 0 Å². The van der Waals surface area contributed by atoms with E-state index in [1.165, 1.54) is 26.5 Å².